The maximum atomic E-state index is 11.0. The molecule has 0 aromatic carbocycles. The fourth-order valence-corrected chi connectivity index (χ4v) is 0.947. The number of hydrogen-bond donors (Lipinski definition) is 0. The third-order valence-corrected chi connectivity index (χ3v) is 2.00. The molecule has 0 fully saturated rings. The molecule has 0 heterocycles. The van der Waals surface area contributed by atoms with Gasteiger partial charge < -0.3 is 4.74 Å². The molecule has 0 aliphatic rings. The minimum atomic E-state index is -0.680. The number of nitrogens with zero attached hydrogens (tertiary/aromatic N) is 1. The largest absolute Gasteiger partial charge is 0.383 e. The van der Waals surface area contributed by atoms with Gasteiger partial charge >= 0.3 is 0 Å². The molecule has 0 bridgehead atoms. The summed E-state index contributed by atoms with van der Waals surface area (Å²) in [6.45, 7) is 6.20. The fourth-order valence-electron chi connectivity index (χ4n) is 0.947. The molecule has 0 saturated heterocycles. The van der Waals surface area contributed by atoms with Gasteiger partial charge in [-0.2, -0.15) is 0 Å². The maximum Gasteiger partial charge on any atom is 0.143 e. The van der Waals surface area contributed by atoms with Crippen LogP contribution in [0.3, 0.4) is 0 Å². The Morgan fingerprint density at radius 3 is 2.27 bits per heavy atom. The van der Waals surface area contributed by atoms with E-state index in [1.54, 1.807) is 18.9 Å². The van der Waals surface area contributed by atoms with E-state index in [0.717, 1.165) is 0 Å². The Bertz CT molecular complexity index is 113. The molecule has 0 aliphatic carbocycles. The van der Waals surface area contributed by atoms with Gasteiger partial charge in [0.15, 0.2) is 0 Å². The van der Waals surface area contributed by atoms with Gasteiger partial charge in [0.25, 0.3) is 0 Å². The summed E-state index contributed by atoms with van der Waals surface area (Å²) in [5.74, 6) is 0. The second-order valence-electron chi connectivity index (χ2n) is 3.46. The van der Waals surface area contributed by atoms with Crippen LogP contribution in [-0.2, 0) is 9.84 Å². The van der Waals surface area contributed by atoms with Crippen molar-refractivity contribution in [3.8, 4) is 0 Å². The highest BCUT2D eigenvalue weighted by Gasteiger charge is 2.26. The Hall–Kier alpha value is -0.120. The molecule has 0 rings (SSSR count). The summed E-state index contributed by atoms with van der Waals surface area (Å²) in [5, 5.41) is 11.0. The average molecular weight is 160 g/mol. The highest BCUT2D eigenvalue weighted by Crippen LogP contribution is 2.14. The van der Waals surface area contributed by atoms with Crippen molar-refractivity contribution in [3.63, 3.8) is 0 Å². The summed E-state index contributed by atoms with van der Waals surface area (Å²) in [7, 11) is 3.46. The molecule has 1 atom stereocenters. The first-order valence-electron chi connectivity index (χ1n) is 3.79. The molecule has 11 heavy (non-hydrogen) atoms. The van der Waals surface area contributed by atoms with E-state index in [4.69, 9.17) is 4.74 Å². The molecule has 67 valence electrons. The van der Waals surface area contributed by atoms with E-state index in [2.05, 4.69) is 0 Å². The number of ether oxygens (including phenoxy) is 1. The quantitative estimate of drug-likeness (QED) is 0.577. The average Bonchev–Trinajstić information content (AvgIpc) is 1.86. The smallest absolute Gasteiger partial charge is 0.143 e. The highest BCUT2D eigenvalue weighted by atomic mass is 16.5. The first-order valence-corrected chi connectivity index (χ1v) is 3.79. The zero-order chi connectivity index (χ0) is 9.07. The predicted octanol–water partition coefficient (Wildman–Crippen LogP) is 1.12. The van der Waals surface area contributed by atoms with E-state index >= 15 is 0 Å². The van der Waals surface area contributed by atoms with Crippen molar-refractivity contribution in [2.24, 2.45) is 0 Å². The van der Waals surface area contributed by atoms with Crippen LogP contribution in [0.5, 0.6) is 0 Å². The molecule has 0 saturated carbocycles. The third kappa shape index (κ3) is 3.18. The molecule has 3 heteroatoms. The van der Waals surface area contributed by atoms with Gasteiger partial charge in [0.2, 0.25) is 0 Å². The number of hydrogen-bond acceptors (Lipinski definition) is 2. The summed E-state index contributed by atoms with van der Waals surface area (Å²) in [4.78, 5) is 1.76. The van der Waals surface area contributed by atoms with Gasteiger partial charge in [-0.25, -0.2) is 5.11 Å². The Morgan fingerprint density at radius 1 is 1.55 bits per heavy atom. The van der Waals surface area contributed by atoms with Gasteiger partial charge in [0.1, 0.15) is 6.23 Å². The second-order valence-corrected chi connectivity index (χ2v) is 3.46. The molecular formula is C8H18NO2. The molecule has 3 nitrogen and oxygen atoms in total. The first-order chi connectivity index (χ1) is 4.91. The van der Waals surface area contributed by atoms with Crippen LogP contribution in [0, 0.1) is 0 Å². The summed E-state index contributed by atoms with van der Waals surface area (Å²) >= 11 is 0. The van der Waals surface area contributed by atoms with Crippen molar-refractivity contribution in [1.82, 2.24) is 4.90 Å². The van der Waals surface area contributed by atoms with E-state index in [0.29, 0.717) is 6.61 Å². The van der Waals surface area contributed by atoms with Gasteiger partial charge in [-0.3, -0.25) is 4.90 Å². The molecule has 0 aliphatic heterocycles. The van der Waals surface area contributed by atoms with Crippen LogP contribution in [-0.4, -0.2) is 37.4 Å². The standard InChI is InChI=1S/C8H18NO2/c1-7(10)9(4)8(2,3)6-11-5/h7H,6H2,1-5H3. The van der Waals surface area contributed by atoms with Crippen molar-refractivity contribution >= 4 is 0 Å². The monoisotopic (exact) mass is 160 g/mol. The Kier molecular flexibility index (Phi) is 4.00. The molecule has 0 aromatic heterocycles. The van der Waals surface area contributed by atoms with Crippen LogP contribution in [0.25, 0.3) is 0 Å². The van der Waals surface area contributed by atoms with Crippen LogP contribution < -0.4 is 0 Å². The third-order valence-electron chi connectivity index (χ3n) is 2.00. The minimum absolute atomic E-state index is 0.171. The Balaban J connectivity index is 4.05. The molecule has 0 spiro atoms. The van der Waals surface area contributed by atoms with Crippen molar-refractivity contribution in [2.75, 3.05) is 20.8 Å². The van der Waals surface area contributed by atoms with E-state index < -0.39 is 6.23 Å². The normalized spacial score (nSPS) is 15.5. The van der Waals surface area contributed by atoms with Gasteiger partial charge in [0.05, 0.1) is 6.61 Å². The number of likely N-dealkylation sites (N-methyl/N-ethyl adjacent to an activating group) is 1. The summed E-state index contributed by atoms with van der Waals surface area (Å²) in [5.41, 5.74) is -0.171. The van der Waals surface area contributed by atoms with Crippen LogP contribution >= 0.6 is 0 Å². The Labute approximate surface area is 69.0 Å². The fraction of sp³-hybridized carbons (Fsp3) is 1.00. The zero-order valence-electron chi connectivity index (χ0n) is 8.05. The SMILES string of the molecule is COCC(C)(C)N(C)C(C)[O]. The van der Waals surface area contributed by atoms with E-state index in [1.165, 1.54) is 0 Å². The topological polar surface area (TPSA) is 32.4 Å². The summed E-state index contributed by atoms with van der Waals surface area (Å²) < 4.78 is 5.00. The van der Waals surface area contributed by atoms with E-state index in [-0.39, 0.29) is 5.54 Å². The van der Waals surface area contributed by atoms with Crippen LogP contribution in [0.4, 0.5) is 0 Å². The predicted molar refractivity (Wildman–Crippen MR) is 43.9 cm³/mol. The van der Waals surface area contributed by atoms with Crippen LogP contribution in [0.15, 0.2) is 0 Å². The van der Waals surface area contributed by atoms with Crippen molar-refractivity contribution in [2.45, 2.75) is 32.5 Å². The Morgan fingerprint density at radius 2 is 2.00 bits per heavy atom. The summed E-state index contributed by atoms with van der Waals surface area (Å²) in [6.07, 6.45) is -0.680. The number of rotatable bonds is 4. The van der Waals surface area contributed by atoms with Gasteiger partial charge in [-0.15, -0.1) is 0 Å². The minimum Gasteiger partial charge on any atom is -0.383 e. The highest BCUT2D eigenvalue weighted by molar-refractivity contribution is 4.78. The molecule has 1 radical (unpaired) electrons. The van der Waals surface area contributed by atoms with Gasteiger partial charge in [0, 0.05) is 12.6 Å². The van der Waals surface area contributed by atoms with Gasteiger partial charge in [-0.1, -0.05) is 0 Å². The zero-order valence-corrected chi connectivity index (χ0v) is 8.05. The lowest BCUT2D eigenvalue weighted by atomic mass is 10.1. The molecule has 1 unspecified atom stereocenters. The second kappa shape index (κ2) is 4.04. The number of methoxy groups -OCH3 is 1. The lowest BCUT2D eigenvalue weighted by molar-refractivity contribution is -0.0867. The van der Waals surface area contributed by atoms with Gasteiger partial charge in [-0.05, 0) is 27.8 Å². The summed E-state index contributed by atoms with van der Waals surface area (Å²) in [6, 6.07) is 0. The lowest BCUT2D eigenvalue weighted by Crippen LogP contribution is -2.48. The first kappa shape index (κ1) is 10.9. The van der Waals surface area contributed by atoms with Crippen molar-refractivity contribution in [3.05, 3.63) is 0 Å². The molecule has 0 aromatic rings. The van der Waals surface area contributed by atoms with Crippen LogP contribution in [0.1, 0.15) is 20.8 Å². The van der Waals surface area contributed by atoms with E-state index in [9.17, 15) is 5.11 Å². The van der Waals surface area contributed by atoms with Crippen molar-refractivity contribution in [1.29, 1.82) is 0 Å². The molecule has 0 N–H and O–H groups in total. The van der Waals surface area contributed by atoms with Crippen molar-refractivity contribution < 1.29 is 9.84 Å². The van der Waals surface area contributed by atoms with E-state index in [1.807, 2.05) is 20.9 Å². The molecular weight excluding hydrogens is 142 g/mol. The maximum absolute atomic E-state index is 11.0. The van der Waals surface area contributed by atoms with Crippen LogP contribution in [0.2, 0.25) is 0 Å². The molecule has 0 amide bonds. The lowest BCUT2D eigenvalue weighted by Gasteiger charge is -2.35.